The first kappa shape index (κ1) is 7.67. The van der Waals surface area contributed by atoms with Crippen LogP contribution in [-0.2, 0) is 0 Å². The number of nitrogens with zero attached hydrogens (tertiary/aromatic N) is 3. The standard InChI is InChI=1S/C9H8N4/c10-12-6-7-5-11-8-3-1-2-4-9(8)13-7/h1-6H,10H2/b12-6-. The largest absolute Gasteiger partial charge is 0.323 e. The summed E-state index contributed by atoms with van der Waals surface area (Å²) < 4.78 is 0. The van der Waals surface area contributed by atoms with Gasteiger partial charge >= 0.3 is 0 Å². The summed E-state index contributed by atoms with van der Waals surface area (Å²) in [7, 11) is 0. The van der Waals surface area contributed by atoms with E-state index in [-0.39, 0.29) is 0 Å². The van der Waals surface area contributed by atoms with Crippen LogP contribution in [0.3, 0.4) is 0 Å². The zero-order chi connectivity index (χ0) is 9.10. The number of rotatable bonds is 1. The second-order valence-electron chi connectivity index (χ2n) is 2.56. The first-order chi connectivity index (χ1) is 6.40. The Morgan fingerprint density at radius 3 is 2.77 bits per heavy atom. The van der Waals surface area contributed by atoms with Gasteiger partial charge in [-0.15, -0.1) is 0 Å². The molecule has 0 atom stereocenters. The number of aromatic nitrogens is 2. The van der Waals surface area contributed by atoms with Crippen molar-refractivity contribution in [2.45, 2.75) is 0 Å². The van der Waals surface area contributed by atoms with Gasteiger partial charge in [0.2, 0.25) is 0 Å². The highest BCUT2D eigenvalue weighted by Gasteiger charge is 1.95. The SMILES string of the molecule is N/N=C\c1cnc2ccccc2n1. The van der Waals surface area contributed by atoms with Gasteiger partial charge in [0, 0.05) is 0 Å². The number of hydrogen-bond donors (Lipinski definition) is 1. The Hall–Kier alpha value is -1.97. The van der Waals surface area contributed by atoms with Gasteiger partial charge in [-0.2, -0.15) is 5.10 Å². The van der Waals surface area contributed by atoms with E-state index in [0.29, 0.717) is 5.69 Å². The highest BCUT2D eigenvalue weighted by Crippen LogP contribution is 2.06. The van der Waals surface area contributed by atoms with E-state index in [9.17, 15) is 0 Å². The molecule has 2 aromatic rings. The molecule has 2 N–H and O–H groups in total. The maximum atomic E-state index is 5.01. The molecular formula is C9H8N4. The van der Waals surface area contributed by atoms with Crippen LogP contribution in [0.2, 0.25) is 0 Å². The Balaban J connectivity index is 2.62. The van der Waals surface area contributed by atoms with Crippen molar-refractivity contribution in [2.24, 2.45) is 10.9 Å². The van der Waals surface area contributed by atoms with E-state index in [0.717, 1.165) is 11.0 Å². The lowest BCUT2D eigenvalue weighted by Crippen LogP contribution is -1.93. The van der Waals surface area contributed by atoms with Crippen LogP contribution >= 0.6 is 0 Å². The van der Waals surface area contributed by atoms with Crippen LogP contribution in [0, 0.1) is 0 Å². The quantitative estimate of drug-likeness (QED) is 0.395. The van der Waals surface area contributed by atoms with E-state index >= 15 is 0 Å². The minimum absolute atomic E-state index is 0.668. The maximum Gasteiger partial charge on any atom is 0.102 e. The van der Waals surface area contributed by atoms with Crippen LogP contribution in [0.15, 0.2) is 35.6 Å². The minimum atomic E-state index is 0.668. The van der Waals surface area contributed by atoms with Crippen molar-refractivity contribution in [3.63, 3.8) is 0 Å². The van der Waals surface area contributed by atoms with Gasteiger partial charge < -0.3 is 5.84 Å². The van der Waals surface area contributed by atoms with Gasteiger partial charge in [-0.1, -0.05) is 12.1 Å². The first-order valence-corrected chi connectivity index (χ1v) is 3.85. The molecule has 0 saturated heterocycles. The molecule has 64 valence electrons. The fourth-order valence-electron chi connectivity index (χ4n) is 1.11. The van der Waals surface area contributed by atoms with Crippen LogP contribution < -0.4 is 5.84 Å². The van der Waals surface area contributed by atoms with Crippen molar-refractivity contribution in [2.75, 3.05) is 0 Å². The zero-order valence-corrected chi connectivity index (χ0v) is 6.88. The number of hydrogen-bond acceptors (Lipinski definition) is 4. The van der Waals surface area contributed by atoms with Crippen LogP contribution in [0.5, 0.6) is 0 Å². The van der Waals surface area contributed by atoms with Crippen molar-refractivity contribution in [3.05, 3.63) is 36.2 Å². The summed E-state index contributed by atoms with van der Waals surface area (Å²) in [5.74, 6) is 5.01. The van der Waals surface area contributed by atoms with Crippen LogP contribution in [0.1, 0.15) is 5.69 Å². The van der Waals surface area contributed by atoms with E-state index in [2.05, 4.69) is 15.1 Å². The summed E-state index contributed by atoms with van der Waals surface area (Å²) in [6.45, 7) is 0. The smallest absolute Gasteiger partial charge is 0.102 e. The minimum Gasteiger partial charge on any atom is -0.323 e. The average molecular weight is 172 g/mol. The fourth-order valence-corrected chi connectivity index (χ4v) is 1.11. The molecule has 0 aliphatic heterocycles. The monoisotopic (exact) mass is 172 g/mol. The molecule has 2 rings (SSSR count). The van der Waals surface area contributed by atoms with Gasteiger partial charge in [-0.3, -0.25) is 4.98 Å². The Labute approximate surface area is 75.1 Å². The summed E-state index contributed by atoms with van der Waals surface area (Å²) in [5.41, 5.74) is 2.39. The molecule has 1 heterocycles. The summed E-state index contributed by atoms with van der Waals surface area (Å²) in [6, 6.07) is 7.65. The predicted molar refractivity (Wildman–Crippen MR) is 51.3 cm³/mol. The Kier molecular flexibility index (Phi) is 1.88. The number of benzene rings is 1. The maximum absolute atomic E-state index is 5.01. The number of nitrogens with two attached hydrogens (primary N) is 1. The van der Waals surface area contributed by atoms with E-state index in [1.54, 1.807) is 6.20 Å². The van der Waals surface area contributed by atoms with E-state index in [1.807, 2.05) is 24.3 Å². The molecular weight excluding hydrogens is 164 g/mol. The third-order valence-electron chi connectivity index (χ3n) is 1.67. The van der Waals surface area contributed by atoms with E-state index in [4.69, 9.17) is 5.84 Å². The molecule has 1 aromatic heterocycles. The van der Waals surface area contributed by atoms with Gasteiger partial charge in [-0.25, -0.2) is 4.98 Å². The molecule has 0 amide bonds. The molecule has 4 nitrogen and oxygen atoms in total. The van der Waals surface area contributed by atoms with Crippen molar-refractivity contribution in [3.8, 4) is 0 Å². The van der Waals surface area contributed by atoms with E-state index < -0.39 is 0 Å². The van der Waals surface area contributed by atoms with Gasteiger partial charge in [0.1, 0.15) is 5.69 Å². The summed E-state index contributed by atoms with van der Waals surface area (Å²) in [6.07, 6.45) is 3.11. The van der Waals surface area contributed by atoms with Gasteiger partial charge in [0.15, 0.2) is 0 Å². The lowest BCUT2D eigenvalue weighted by molar-refractivity contribution is 1.23. The van der Waals surface area contributed by atoms with Gasteiger partial charge in [0.05, 0.1) is 23.4 Å². The molecule has 0 saturated carbocycles. The molecule has 0 radical (unpaired) electrons. The molecule has 1 aromatic carbocycles. The molecule has 0 fully saturated rings. The second-order valence-corrected chi connectivity index (χ2v) is 2.56. The summed E-state index contributed by atoms with van der Waals surface area (Å²) in [5, 5.41) is 3.39. The van der Waals surface area contributed by atoms with Crippen molar-refractivity contribution in [1.29, 1.82) is 0 Å². The molecule has 0 aliphatic carbocycles. The topological polar surface area (TPSA) is 64.2 Å². The fraction of sp³-hybridized carbons (Fsp3) is 0. The summed E-state index contributed by atoms with van der Waals surface area (Å²) in [4.78, 5) is 8.46. The molecule has 0 spiro atoms. The van der Waals surface area contributed by atoms with Gasteiger partial charge in [0.25, 0.3) is 0 Å². The second kappa shape index (κ2) is 3.18. The molecule has 0 bridgehead atoms. The molecule has 0 unspecified atom stereocenters. The lowest BCUT2D eigenvalue weighted by Gasteiger charge is -1.95. The predicted octanol–water partition coefficient (Wildman–Crippen LogP) is 0.922. The number of fused-ring (bicyclic) bond motifs is 1. The highest BCUT2D eigenvalue weighted by molar-refractivity contribution is 5.81. The van der Waals surface area contributed by atoms with Gasteiger partial charge in [-0.05, 0) is 12.1 Å². The number of para-hydroxylation sites is 2. The summed E-state index contributed by atoms with van der Waals surface area (Å²) >= 11 is 0. The van der Waals surface area contributed by atoms with Crippen LogP contribution in [-0.4, -0.2) is 16.2 Å². The first-order valence-electron chi connectivity index (χ1n) is 3.85. The molecule has 13 heavy (non-hydrogen) atoms. The van der Waals surface area contributed by atoms with Crippen LogP contribution in [0.25, 0.3) is 11.0 Å². The van der Waals surface area contributed by atoms with Crippen molar-refractivity contribution < 1.29 is 0 Å². The Morgan fingerprint density at radius 1 is 1.23 bits per heavy atom. The molecule has 4 heteroatoms. The zero-order valence-electron chi connectivity index (χ0n) is 6.88. The number of hydrazone groups is 1. The highest BCUT2D eigenvalue weighted by atomic mass is 15.1. The van der Waals surface area contributed by atoms with Crippen LogP contribution in [0.4, 0.5) is 0 Å². The molecule has 0 aliphatic rings. The normalized spacial score (nSPS) is 11.1. The van der Waals surface area contributed by atoms with Crippen molar-refractivity contribution in [1.82, 2.24) is 9.97 Å². The third kappa shape index (κ3) is 1.46. The lowest BCUT2D eigenvalue weighted by atomic mass is 10.3. The van der Waals surface area contributed by atoms with E-state index in [1.165, 1.54) is 6.21 Å². The van der Waals surface area contributed by atoms with Crippen molar-refractivity contribution >= 4 is 17.2 Å². The third-order valence-corrected chi connectivity index (χ3v) is 1.67. The average Bonchev–Trinajstić information content (AvgIpc) is 2.18. The Bertz CT molecular complexity index is 450. The Morgan fingerprint density at radius 2 is 2.00 bits per heavy atom.